The molecule has 0 aliphatic carbocycles. The van der Waals surface area contributed by atoms with E-state index in [0.29, 0.717) is 0 Å². The van der Waals surface area contributed by atoms with Crippen molar-refractivity contribution >= 4 is 44.7 Å². The summed E-state index contributed by atoms with van der Waals surface area (Å²) in [6.07, 6.45) is -0.713. The summed E-state index contributed by atoms with van der Waals surface area (Å²) in [5.41, 5.74) is 0.888. The Kier molecular flexibility index (Phi) is 6.26. The summed E-state index contributed by atoms with van der Waals surface area (Å²) in [7, 11) is 0. The van der Waals surface area contributed by atoms with E-state index in [1.54, 1.807) is 0 Å². The van der Waals surface area contributed by atoms with Gasteiger partial charge in [0.15, 0.2) is 6.61 Å². The lowest BCUT2D eigenvalue weighted by atomic mass is 10.2. The minimum atomic E-state index is -0.713. The molecular weight excluding hydrogens is 387 g/mol. The van der Waals surface area contributed by atoms with Crippen molar-refractivity contribution in [2.24, 2.45) is 0 Å². The summed E-state index contributed by atoms with van der Waals surface area (Å²) in [5.74, 6) is 2.59. The van der Waals surface area contributed by atoms with Crippen LogP contribution < -0.4 is 0 Å². The van der Waals surface area contributed by atoms with E-state index in [4.69, 9.17) is 4.74 Å². The van der Waals surface area contributed by atoms with Gasteiger partial charge in [0.25, 0.3) is 0 Å². The molecule has 84 valence electrons. The van der Waals surface area contributed by atoms with Crippen LogP contribution in [0.4, 0.5) is 4.79 Å². The molecule has 0 heterocycles. The predicted molar refractivity (Wildman–Crippen MR) is 72.1 cm³/mol. The first-order chi connectivity index (χ1) is 7.74. The van der Waals surface area contributed by atoms with Crippen LogP contribution in [-0.2, 0) is 16.1 Å². The average Bonchev–Trinajstić information content (AvgIpc) is 2.28. The van der Waals surface area contributed by atoms with E-state index in [1.165, 1.54) is 0 Å². The Labute approximate surface area is 116 Å². The van der Waals surface area contributed by atoms with Crippen molar-refractivity contribution in [3.63, 3.8) is 0 Å². The third-order valence-corrected chi connectivity index (χ3v) is 2.79. The monoisotopic (exact) mass is 394 g/mol. The van der Waals surface area contributed by atoms with Gasteiger partial charge in [-0.15, -0.1) is 0 Å². The topological polar surface area (TPSA) is 35.5 Å². The fourth-order valence-electron chi connectivity index (χ4n) is 0.916. The Bertz CT molecular complexity index is 423. The van der Waals surface area contributed by atoms with Crippen LogP contribution in [0.1, 0.15) is 5.56 Å². The number of ether oxygens (including phenoxy) is 2. The lowest BCUT2D eigenvalue weighted by molar-refractivity contribution is 0.0588. The molecule has 1 aromatic carbocycles. The van der Waals surface area contributed by atoms with Crippen LogP contribution >= 0.6 is 38.5 Å². The summed E-state index contributed by atoms with van der Waals surface area (Å²) in [6.45, 7) is 0.232. The van der Waals surface area contributed by atoms with Crippen LogP contribution in [-0.4, -0.2) is 12.8 Å². The molecule has 0 aromatic heterocycles. The average molecular weight is 395 g/mol. The molecule has 0 aliphatic heterocycles. The Morgan fingerprint density at radius 3 is 2.81 bits per heavy atom. The van der Waals surface area contributed by atoms with Gasteiger partial charge in [0.1, 0.15) is 6.61 Å². The molecule has 0 bridgehead atoms. The molecule has 0 aliphatic rings. The number of carbonyl (C=O) groups excluding carboxylic acids is 1. The van der Waals surface area contributed by atoms with Crippen molar-refractivity contribution in [3.8, 4) is 9.85 Å². The summed E-state index contributed by atoms with van der Waals surface area (Å²) < 4.78 is 13.1. The van der Waals surface area contributed by atoms with Crippen LogP contribution in [0.5, 0.6) is 0 Å². The molecule has 0 spiro atoms. The molecule has 0 saturated carbocycles. The molecule has 5 heteroatoms. The SMILES string of the molecule is O=C(OCC#CI)OCc1ccccc1Br. The molecule has 0 fully saturated rings. The van der Waals surface area contributed by atoms with Crippen LogP contribution in [0.2, 0.25) is 0 Å². The Morgan fingerprint density at radius 1 is 1.38 bits per heavy atom. The van der Waals surface area contributed by atoms with Crippen LogP contribution in [0.3, 0.4) is 0 Å². The molecule has 1 rings (SSSR count). The normalized spacial score (nSPS) is 8.88. The summed E-state index contributed by atoms with van der Waals surface area (Å²) in [6, 6.07) is 7.51. The smallest absolute Gasteiger partial charge is 0.429 e. The van der Waals surface area contributed by atoms with Crippen molar-refractivity contribution in [1.29, 1.82) is 0 Å². The molecule has 0 unspecified atom stereocenters. The molecular formula is C11H8BrIO3. The van der Waals surface area contributed by atoms with Crippen LogP contribution in [0.25, 0.3) is 0 Å². The summed E-state index contributed by atoms with van der Waals surface area (Å²) in [5, 5.41) is 0. The van der Waals surface area contributed by atoms with Gasteiger partial charge in [0, 0.05) is 32.6 Å². The van der Waals surface area contributed by atoms with E-state index in [2.05, 4.69) is 30.5 Å². The van der Waals surface area contributed by atoms with Crippen molar-refractivity contribution in [2.75, 3.05) is 6.61 Å². The van der Waals surface area contributed by atoms with Crippen molar-refractivity contribution in [2.45, 2.75) is 6.61 Å². The van der Waals surface area contributed by atoms with E-state index in [1.807, 2.05) is 46.9 Å². The van der Waals surface area contributed by atoms with E-state index in [0.717, 1.165) is 10.0 Å². The molecule has 0 saturated heterocycles. The number of hydrogen-bond acceptors (Lipinski definition) is 3. The first kappa shape index (κ1) is 13.3. The minimum absolute atomic E-state index is 0.0533. The second-order valence-electron chi connectivity index (χ2n) is 2.69. The van der Waals surface area contributed by atoms with Crippen LogP contribution in [0.15, 0.2) is 28.7 Å². The van der Waals surface area contributed by atoms with Gasteiger partial charge in [-0.1, -0.05) is 40.0 Å². The maximum absolute atomic E-state index is 11.1. The predicted octanol–water partition coefficient (Wildman–Crippen LogP) is 3.50. The van der Waals surface area contributed by atoms with E-state index in [-0.39, 0.29) is 13.2 Å². The number of halogens is 2. The van der Waals surface area contributed by atoms with E-state index < -0.39 is 6.16 Å². The van der Waals surface area contributed by atoms with Gasteiger partial charge in [-0.05, 0) is 9.99 Å². The van der Waals surface area contributed by atoms with Crippen LogP contribution in [0, 0.1) is 9.85 Å². The standard InChI is InChI=1S/C11H8BrIO3/c12-10-5-2-1-4-9(10)8-16-11(14)15-7-3-6-13/h1-2,4-5H,7-8H2. The Hall–Kier alpha value is -0.740. The quantitative estimate of drug-likeness (QED) is 0.447. The Morgan fingerprint density at radius 2 is 2.12 bits per heavy atom. The zero-order valence-electron chi connectivity index (χ0n) is 8.20. The number of benzene rings is 1. The fourth-order valence-corrected chi connectivity index (χ4v) is 1.47. The second kappa shape index (κ2) is 7.52. The summed E-state index contributed by atoms with van der Waals surface area (Å²) >= 11 is 5.22. The minimum Gasteiger partial charge on any atom is -0.429 e. The maximum Gasteiger partial charge on any atom is 0.509 e. The van der Waals surface area contributed by atoms with Gasteiger partial charge in [0.2, 0.25) is 0 Å². The van der Waals surface area contributed by atoms with E-state index >= 15 is 0 Å². The molecule has 3 nitrogen and oxygen atoms in total. The first-order valence-electron chi connectivity index (χ1n) is 4.35. The number of hydrogen-bond donors (Lipinski definition) is 0. The van der Waals surface area contributed by atoms with Gasteiger partial charge >= 0.3 is 6.16 Å². The third kappa shape index (κ3) is 4.86. The number of carbonyl (C=O) groups is 1. The lowest BCUT2D eigenvalue weighted by Gasteiger charge is -2.05. The van der Waals surface area contributed by atoms with Crippen molar-refractivity contribution in [3.05, 3.63) is 34.3 Å². The molecule has 1 aromatic rings. The third-order valence-electron chi connectivity index (χ3n) is 1.63. The molecule has 16 heavy (non-hydrogen) atoms. The zero-order valence-corrected chi connectivity index (χ0v) is 11.9. The van der Waals surface area contributed by atoms with Gasteiger partial charge in [-0.3, -0.25) is 0 Å². The number of rotatable bonds is 3. The van der Waals surface area contributed by atoms with Crippen molar-refractivity contribution in [1.82, 2.24) is 0 Å². The maximum atomic E-state index is 11.1. The highest BCUT2D eigenvalue weighted by Crippen LogP contribution is 2.16. The highest BCUT2D eigenvalue weighted by Gasteiger charge is 2.05. The van der Waals surface area contributed by atoms with Gasteiger partial charge < -0.3 is 9.47 Å². The highest BCUT2D eigenvalue weighted by molar-refractivity contribution is 14.1. The van der Waals surface area contributed by atoms with Gasteiger partial charge in [-0.25, -0.2) is 4.79 Å². The molecule has 0 atom stereocenters. The summed E-state index contributed by atoms with van der Waals surface area (Å²) in [4.78, 5) is 11.1. The van der Waals surface area contributed by atoms with Crippen molar-refractivity contribution < 1.29 is 14.3 Å². The zero-order chi connectivity index (χ0) is 11.8. The lowest BCUT2D eigenvalue weighted by Crippen LogP contribution is -2.07. The first-order valence-corrected chi connectivity index (χ1v) is 6.22. The largest absolute Gasteiger partial charge is 0.509 e. The fraction of sp³-hybridized carbons (Fsp3) is 0.182. The van der Waals surface area contributed by atoms with E-state index in [9.17, 15) is 4.79 Å². The molecule has 0 N–H and O–H groups in total. The highest BCUT2D eigenvalue weighted by atomic mass is 127. The molecule has 0 radical (unpaired) electrons. The molecule has 0 amide bonds. The Balaban J connectivity index is 2.36. The van der Waals surface area contributed by atoms with Gasteiger partial charge in [0.05, 0.1) is 0 Å². The second-order valence-corrected chi connectivity index (χ2v) is 4.08. The van der Waals surface area contributed by atoms with Gasteiger partial charge in [-0.2, -0.15) is 0 Å².